The number of carbonyl (C=O) groups is 4. The minimum Gasteiger partial charge on any atom is -0.478 e. The molecule has 8 heteroatoms. The van der Waals surface area contributed by atoms with Gasteiger partial charge in [0.2, 0.25) is 0 Å². The number of esters is 2. The van der Waals surface area contributed by atoms with Crippen LogP contribution in [0.5, 0.6) is 11.5 Å². The van der Waals surface area contributed by atoms with Crippen molar-refractivity contribution >= 4 is 23.9 Å². The molecule has 0 amide bonds. The van der Waals surface area contributed by atoms with Crippen LogP contribution in [0.2, 0.25) is 0 Å². The van der Waals surface area contributed by atoms with Crippen LogP contribution in [0.3, 0.4) is 0 Å². The van der Waals surface area contributed by atoms with E-state index in [4.69, 9.17) is 9.47 Å². The first kappa shape index (κ1) is 50.1. The third-order valence-electron chi connectivity index (χ3n) is 13.5. The zero-order valence-corrected chi connectivity index (χ0v) is 41.0. The van der Waals surface area contributed by atoms with E-state index in [0.29, 0.717) is 51.5 Å². The van der Waals surface area contributed by atoms with Crippen molar-refractivity contribution in [3.63, 3.8) is 0 Å². The number of hydrogen-bond donors (Lipinski definition) is 2. The summed E-state index contributed by atoms with van der Waals surface area (Å²) in [6.45, 7) is 12.7. The van der Waals surface area contributed by atoms with E-state index in [-0.39, 0.29) is 17.0 Å². The lowest BCUT2D eigenvalue weighted by Crippen LogP contribution is -2.17. The molecule has 0 aromatic heterocycles. The number of aryl methyl sites for hydroxylation is 2. The maximum Gasteiger partial charge on any atom is 0.343 e. The molecule has 0 radical (unpaired) electrons. The lowest BCUT2D eigenvalue weighted by Gasteiger charge is -2.31. The third kappa shape index (κ3) is 11.9. The number of benzene rings is 6. The average Bonchev–Trinajstić information content (AvgIpc) is 3.88. The van der Waals surface area contributed by atoms with E-state index >= 15 is 0 Å². The van der Waals surface area contributed by atoms with Gasteiger partial charge in [-0.1, -0.05) is 145 Å². The van der Waals surface area contributed by atoms with Gasteiger partial charge in [0.1, 0.15) is 0 Å². The molecule has 0 spiro atoms. The lowest BCUT2D eigenvalue weighted by molar-refractivity contribution is 0.0679. The van der Waals surface area contributed by atoms with Gasteiger partial charge in [-0.2, -0.15) is 0 Å². The van der Waals surface area contributed by atoms with Gasteiger partial charge in [-0.3, -0.25) is 0 Å². The van der Waals surface area contributed by atoms with Gasteiger partial charge < -0.3 is 19.7 Å². The molecule has 8 nitrogen and oxygen atoms in total. The summed E-state index contributed by atoms with van der Waals surface area (Å²) in [5, 5.41) is 20.1. The van der Waals surface area contributed by atoms with Gasteiger partial charge in [-0.25, -0.2) is 19.2 Å². The second-order valence-corrected chi connectivity index (χ2v) is 19.7. The normalized spacial score (nSPS) is 14.0. The Morgan fingerprint density at radius 2 is 0.884 bits per heavy atom. The minimum absolute atomic E-state index is 0.232. The maximum absolute atomic E-state index is 13.2. The predicted molar refractivity (Wildman–Crippen MR) is 274 cm³/mol. The first-order chi connectivity index (χ1) is 33.2. The van der Waals surface area contributed by atoms with E-state index in [2.05, 4.69) is 39.8 Å². The Balaban J connectivity index is 0.000000204. The molecular weight excluding hydrogens is 861 g/mol. The number of carbonyl (C=O) groups excluding carboxylic acids is 2. The highest BCUT2D eigenvalue weighted by atomic mass is 16.6. The molecule has 2 fully saturated rings. The fourth-order valence-electron chi connectivity index (χ4n) is 10.6. The molecule has 6 aromatic carbocycles. The maximum atomic E-state index is 13.2. The quantitative estimate of drug-likeness (QED) is 0.0817. The number of carboxylic acid groups (broad SMARTS) is 2. The summed E-state index contributed by atoms with van der Waals surface area (Å²) >= 11 is 0. The zero-order chi connectivity index (χ0) is 49.2. The summed E-state index contributed by atoms with van der Waals surface area (Å²) < 4.78 is 12.0. The topological polar surface area (TPSA) is 127 Å². The summed E-state index contributed by atoms with van der Waals surface area (Å²) in [7, 11) is 0. The monoisotopic (exact) mass is 926 g/mol. The molecule has 2 aliphatic rings. The standard InChI is InChI=1S/C31H34O4.C30H32O4/c1-19(2)17-22-18-20(3)27(23-13-7-9-15-25(23)30(32)33)29(28(22)21-11-5-4-6-12-21)24-14-8-10-16-26(24)31(34)35;1-20(2)18-25-19-21(3)27(33-29(31)23-14-6-4-7-15-23)28(26(25)22-12-10-11-13-22)34-30(32)24-16-8-5-9-17-24/h7-10,13-16,18-19,21H,4-6,11-12,17H2,1-3H3,(H,32,33)(H,34,35);4-9,14-17,19-20,22H,10-13,18H2,1-3H3. The van der Waals surface area contributed by atoms with Gasteiger partial charge >= 0.3 is 23.9 Å². The molecule has 2 N–H and O–H groups in total. The van der Waals surface area contributed by atoms with Crippen LogP contribution in [-0.2, 0) is 12.8 Å². The van der Waals surface area contributed by atoms with Gasteiger partial charge in [0.25, 0.3) is 0 Å². The number of hydrogen-bond acceptors (Lipinski definition) is 6. The first-order valence-corrected chi connectivity index (χ1v) is 24.8. The molecule has 69 heavy (non-hydrogen) atoms. The molecule has 0 atom stereocenters. The Morgan fingerprint density at radius 3 is 1.36 bits per heavy atom. The predicted octanol–water partition coefficient (Wildman–Crippen LogP) is 15.3. The molecule has 0 saturated heterocycles. The Morgan fingerprint density at radius 1 is 0.493 bits per heavy atom. The highest BCUT2D eigenvalue weighted by molar-refractivity contribution is 6.04. The van der Waals surface area contributed by atoms with Crippen LogP contribution in [0, 0.1) is 25.7 Å². The van der Waals surface area contributed by atoms with E-state index in [1.165, 1.54) is 23.1 Å². The summed E-state index contributed by atoms with van der Waals surface area (Å²) in [6, 6.07) is 36.4. The molecule has 0 aliphatic heterocycles. The number of carboxylic acids is 2. The Bertz CT molecular complexity index is 2780. The van der Waals surface area contributed by atoms with E-state index in [1.54, 1.807) is 60.7 Å². The third-order valence-corrected chi connectivity index (χ3v) is 13.5. The molecule has 2 saturated carbocycles. The summed E-state index contributed by atoms with van der Waals surface area (Å²) in [6.07, 6.45) is 11.8. The van der Waals surface area contributed by atoms with Crippen molar-refractivity contribution in [2.45, 2.75) is 124 Å². The molecular formula is C61H66O8. The lowest BCUT2D eigenvalue weighted by atomic mass is 9.73. The van der Waals surface area contributed by atoms with Crippen LogP contribution < -0.4 is 9.47 Å². The largest absolute Gasteiger partial charge is 0.478 e. The average molecular weight is 927 g/mol. The van der Waals surface area contributed by atoms with Crippen molar-refractivity contribution in [1.82, 2.24) is 0 Å². The van der Waals surface area contributed by atoms with Crippen LogP contribution in [0.1, 0.15) is 172 Å². The van der Waals surface area contributed by atoms with Crippen LogP contribution >= 0.6 is 0 Å². The van der Waals surface area contributed by atoms with Crippen LogP contribution in [0.25, 0.3) is 22.3 Å². The molecule has 0 heterocycles. The molecule has 6 aromatic rings. The molecule has 358 valence electrons. The Labute approximate surface area is 407 Å². The number of aromatic carboxylic acids is 2. The van der Waals surface area contributed by atoms with Gasteiger partial charge in [0.15, 0.2) is 11.5 Å². The molecule has 2 aliphatic carbocycles. The second-order valence-electron chi connectivity index (χ2n) is 19.7. The highest BCUT2D eigenvalue weighted by Gasteiger charge is 2.32. The summed E-state index contributed by atoms with van der Waals surface area (Å²) in [5.74, 6) is -0.636. The van der Waals surface area contributed by atoms with Crippen molar-refractivity contribution in [2.75, 3.05) is 0 Å². The second kappa shape index (κ2) is 23.0. The van der Waals surface area contributed by atoms with Crippen LogP contribution in [-0.4, -0.2) is 34.1 Å². The van der Waals surface area contributed by atoms with Crippen LogP contribution in [0.4, 0.5) is 0 Å². The number of rotatable bonds is 14. The SMILES string of the molecule is Cc1cc(CC(C)C)c(C2CCCC2)c(OC(=O)c2ccccc2)c1OC(=O)c1ccccc1.Cc1cc(CC(C)C)c(C2CCCCC2)c(-c2ccccc2C(=O)O)c1-c1ccccc1C(=O)O. The van der Waals surface area contributed by atoms with Gasteiger partial charge in [-0.05, 0) is 163 Å². The van der Waals surface area contributed by atoms with E-state index in [9.17, 15) is 29.4 Å². The highest BCUT2D eigenvalue weighted by Crippen LogP contribution is 2.49. The van der Waals surface area contributed by atoms with Crippen molar-refractivity contribution in [3.05, 3.63) is 177 Å². The summed E-state index contributed by atoms with van der Waals surface area (Å²) in [5.41, 5.74) is 10.9. The van der Waals surface area contributed by atoms with Gasteiger partial charge in [0, 0.05) is 5.56 Å². The number of ether oxygens (including phenoxy) is 2. The first-order valence-electron chi connectivity index (χ1n) is 24.8. The van der Waals surface area contributed by atoms with E-state index in [1.807, 2.05) is 62.4 Å². The van der Waals surface area contributed by atoms with E-state index in [0.717, 1.165) is 92.0 Å². The smallest absolute Gasteiger partial charge is 0.343 e. The fraction of sp³-hybridized carbons (Fsp3) is 0.344. The van der Waals surface area contributed by atoms with E-state index < -0.39 is 23.9 Å². The van der Waals surface area contributed by atoms with Crippen molar-refractivity contribution in [2.24, 2.45) is 11.8 Å². The van der Waals surface area contributed by atoms with Crippen molar-refractivity contribution in [1.29, 1.82) is 0 Å². The Hall–Kier alpha value is -6.80. The van der Waals surface area contributed by atoms with Crippen LogP contribution in [0.15, 0.2) is 121 Å². The van der Waals surface area contributed by atoms with Crippen molar-refractivity contribution in [3.8, 4) is 33.8 Å². The Kier molecular flexibility index (Phi) is 16.7. The van der Waals surface area contributed by atoms with Gasteiger partial charge in [-0.15, -0.1) is 0 Å². The molecule has 0 bridgehead atoms. The molecule has 0 unspecified atom stereocenters. The summed E-state index contributed by atoms with van der Waals surface area (Å²) in [4.78, 5) is 50.8. The fourth-order valence-corrected chi connectivity index (χ4v) is 10.6. The zero-order valence-electron chi connectivity index (χ0n) is 41.0. The minimum atomic E-state index is -0.983. The molecule has 8 rings (SSSR count). The van der Waals surface area contributed by atoms with Gasteiger partial charge in [0.05, 0.1) is 22.3 Å². The van der Waals surface area contributed by atoms with Crippen molar-refractivity contribution < 1.29 is 38.9 Å².